The second kappa shape index (κ2) is 6.65. The predicted octanol–water partition coefficient (Wildman–Crippen LogP) is 0.710. The Morgan fingerprint density at radius 3 is 2.18 bits per heavy atom. The number of fused-ring (bicyclic) bond motifs is 1. The molecule has 0 aliphatic carbocycles. The van der Waals surface area contributed by atoms with Gasteiger partial charge in [0, 0.05) is 42.9 Å². The van der Waals surface area contributed by atoms with Crippen molar-refractivity contribution in [1.29, 1.82) is 0 Å². The van der Waals surface area contributed by atoms with E-state index in [1.807, 2.05) is 0 Å². The van der Waals surface area contributed by atoms with Crippen molar-refractivity contribution < 1.29 is 28.5 Å². The molecule has 0 amide bonds. The molecule has 0 N–H and O–H groups in total. The SMILES string of the molecule is Cc1ccc2c(ccc(-c3ccc(N(C)C)cc3)[n+]2C)c1.[I-]. The third-order valence-corrected chi connectivity index (χ3v) is 4.01. The smallest absolute Gasteiger partial charge is 0.212 e. The zero-order valence-electron chi connectivity index (χ0n) is 13.5. The quantitative estimate of drug-likeness (QED) is 0.451. The van der Waals surface area contributed by atoms with Crippen molar-refractivity contribution in [3.8, 4) is 11.3 Å². The fourth-order valence-corrected chi connectivity index (χ4v) is 2.74. The average molecular weight is 404 g/mol. The van der Waals surface area contributed by atoms with Gasteiger partial charge in [0.25, 0.3) is 0 Å². The molecule has 2 aromatic carbocycles. The van der Waals surface area contributed by atoms with Crippen LogP contribution >= 0.6 is 0 Å². The Labute approximate surface area is 149 Å². The Bertz CT molecular complexity index is 792. The lowest BCUT2D eigenvalue weighted by Crippen LogP contribution is -3.00. The summed E-state index contributed by atoms with van der Waals surface area (Å²) in [6, 6.07) is 19.7. The van der Waals surface area contributed by atoms with Crippen molar-refractivity contribution in [3.63, 3.8) is 0 Å². The van der Waals surface area contributed by atoms with Crippen LogP contribution in [-0.2, 0) is 7.05 Å². The summed E-state index contributed by atoms with van der Waals surface area (Å²) in [5.41, 5.74) is 6.25. The van der Waals surface area contributed by atoms with Gasteiger partial charge in [-0.25, -0.2) is 0 Å². The molecule has 0 saturated carbocycles. The molecule has 114 valence electrons. The highest BCUT2D eigenvalue weighted by Crippen LogP contribution is 2.22. The van der Waals surface area contributed by atoms with E-state index in [0.29, 0.717) is 0 Å². The van der Waals surface area contributed by atoms with Crippen LogP contribution in [0.1, 0.15) is 5.56 Å². The Morgan fingerprint density at radius 1 is 0.864 bits per heavy atom. The molecule has 3 heteroatoms. The number of hydrogen-bond acceptors (Lipinski definition) is 1. The van der Waals surface area contributed by atoms with Crippen LogP contribution in [-0.4, -0.2) is 14.1 Å². The highest BCUT2D eigenvalue weighted by atomic mass is 127. The molecule has 3 aromatic rings. The number of halogens is 1. The van der Waals surface area contributed by atoms with Gasteiger partial charge < -0.3 is 28.9 Å². The number of pyridine rings is 1. The van der Waals surface area contributed by atoms with Crippen LogP contribution in [0, 0.1) is 6.92 Å². The zero-order chi connectivity index (χ0) is 15.0. The normalized spacial score (nSPS) is 10.4. The minimum atomic E-state index is 0. The molecule has 1 aromatic heterocycles. The van der Waals surface area contributed by atoms with E-state index in [1.54, 1.807) is 0 Å². The molecule has 1 heterocycles. The summed E-state index contributed by atoms with van der Waals surface area (Å²) in [7, 11) is 6.26. The maximum absolute atomic E-state index is 2.26. The van der Waals surface area contributed by atoms with Gasteiger partial charge in [-0.05, 0) is 43.3 Å². The molecule has 0 spiro atoms. The second-order valence-corrected chi connectivity index (χ2v) is 5.78. The van der Waals surface area contributed by atoms with Gasteiger partial charge in [-0.15, -0.1) is 0 Å². The van der Waals surface area contributed by atoms with Gasteiger partial charge in [-0.2, -0.15) is 4.57 Å². The monoisotopic (exact) mass is 404 g/mol. The van der Waals surface area contributed by atoms with Crippen molar-refractivity contribution in [3.05, 3.63) is 60.2 Å². The molecule has 0 aliphatic heterocycles. The van der Waals surface area contributed by atoms with Crippen molar-refractivity contribution in [1.82, 2.24) is 0 Å². The van der Waals surface area contributed by atoms with E-state index in [4.69, 9.17) is 0 Å². The third-order valence-electron chi connectivity index (χ3n) is 4.01. The van der Waals surface area contributed by atoms with Gasteiger partial charge in [0.15, 0.2) is 0 Å². The van der Waals surface area contributed by atoms with Gasteiger partial charge in [0.05, 0.1) is 0 Å². The Balaban J connectivity index is 0.00000176. The molecular formula is C19H21IN2. The van der Waals surface area contributed by atoms with Crippen molar-refractivity contribution in [2.45, 2.75) is 6.92 Å². The molecule has 3 rings (SSSR count). The highest BCUT2D eigenvalue weighted by Gasteiger charge is 2.13. The maximum atomic E-state index is 2.26. The van der Waals surface area contributed by atoms with Gasteiger partial charge in [0.2, 0.25) is 11.2 Å². The molecular weight excluding hydrogens is 383 g/mol. The zero-order valence-corrected chi connectivity index (χ0v) is 15.6. The summed E-state index contributed by atoms with van der Waals surface area (Å²) in [5, 5.41) is 1.28. The van der Waals surface area contributed by atoms with E-state index in [-0.39, 0.29) is 24.0 Å². The number of nitrogens with zero attached hydrogens (tertiary/aromatic N) is 2. The van der Waals surface area contributed by atoms with Crippen LogP contribution in [0.2, 0.25) is 0 Å². The van der Waals surface area contributed by atoms with Crippen LogP contribution in [0.4, 0.5) is 5.69 Å². The molecule has 0 unspecified atom stereocenters. The Morgan fingerprint density at radius 2 is 1.55 bits per heavy atom. The summed E-state index contributed by atoms with van der Waals surface area (Å²) in [4.78, 5) is 2.12. The Hall–Kier alpha value is -1.62. The van der Waals surface area contributed by atoms with Crippen molar-refractivity contribution in [2.24, 2.45) is 7.05 Å². The van der Waals surface area contributed by atoms with Gasteiger partial charge in [-0.3, -0.25) is 0 Å². The number of anilines is 1. The third kappa shape index (κ3) is 3.09. The highest BCUT2D eigenvalue weighted by molar-refractivity contribution is 5.78. The second-order valence-electron chi connectivity index (χ2n) is 5.78. The summed E-state index contributed by atoms with van der Waals surface area (Å²) >= 11 is 0. The lowest BCUT2D eigenvalue weighted by atomic mass is 10.1. The van der Waals surface area contributed by atoms with Gasteiger partial charge in [-0.1, -0.05) is 11.6 Å². The molecule has 0 aliphatic rings. The molecule has 22 heavy (non-hydrogen) atoms. The summed E-state index contributed by atoms with van der Waals surface area (Å²) in [5.74, 6) is 0. The molecule has 0 bridgehead atoms. The van der Waals surface area contributed by atoms with E-state index in [0.717, 1.165) is 0 Å². The van der Waals surface area contributed by atoms with Crippen LogP contribution in [0.3, 0.4) is 0 Å². The largest absolute Gasteiger partial charge is 1.00 e. The van der Waals surface area contributed by atoms with E-state index < -0.39 is 0 Å². The van der Waals surface area contributed by atoms with Crippen LogP contribution < -0.4 is 33.4 Å². The standard InChI is InChI=1S/C19H21N2.HI/c1-14-5-11-19-16(13-14)8-12-18(21(19)4)15-6-9-17(10-7-15)20(2)3;/h5-13H,1-4H3;1H/q+1;/p-1. The summed E-state index contributed by atoms with van der Waals surface area (Å²) in [6.07, 6.45) is 0. The van der Waals surface area contributed by atoms with Crippen LogP contribution in [0.25, 0.3) is 22.2 Å². The van der Waals surface area contributed by atoms with Gasteiger partial charge in [0.1, 0.15) is 7.05 Å². The van der Waals surface area contributed by atoms with E-state index in [2.05, 4.69) is 92.1 Å². The minimum Gasteiger partial charge on any atom is -1.00 e. The number of benzene rings is 2. The molecule has 0 fully saturated rings. The minimum absolute atomic E-state index is 0. The maximum Gasteiger partial charge on any atom is 0.212 e. The summed E-state index contributed by atoms with van der Waals surface area (Å²) < 4.78 is 2.26. The van der Waals surface area contributed by atoms with E-state index >= 15 is 0 Å². The average Bonchev–Trinajstić information content (AvgIpc) is 2.47. The first kappa shape index (κ1) is 16.7. The molecule has 2 nitrogen and oxygen atoms in total. The fourth-order valence-electron chi connectivity index (χ4n) is 2.74. The number of aromatic nitrogens is 1. The Kier molecular flexibility index (Phi) is 5.06. The first-order valence-corrected chi connectivity index (χ1v) is 7.23. The van der Waals surface area contributed by atoms with Crippen LogP contribution in [0.5, 0.6) is 0 Å². The van der Waals surface area contributed by atoms with E-state index in [9.17, 15) is 0 Å². The van der Waals surface area contributed by atoms with Crippen molar-refractivity contribution in [2.75, 3.05) is 19.0 Å². The predicted molar refractivity (Wildman–Crippen MR) is 89.6 cm³/mol. The van der Waals surface area contributed by atoms with Crippen LogP contribution in [0.15, 0.2) is 54.6 Å². The summed E-state index contributed by atoms with van der Waals surface area (Å²) in [6.45, 7) is 2.13. The lowest BCUT2D eigenvalue weighted by molar-refractivity contribution is -0.633. The number of aryl methyl sites for hydroxylation is 2. The number of hydrogen-bond donors (Lipinski definition) is 0. The molecule has 0 radical (unpaired) electrons. The molecule has 0 atom stereocenters. The molecule has 0 saturated heterocycles. The van der Waals surface area contributed by atoms with Crippen molar-refractivity contribution >= 4 is 16.6 Å². The first-order chi connectivity index (χ1) is 10.1. The lowest BCUT2D eigenvalue weighted by Gasteiger charge is -2.12. The van der Waals surface area contributed by atoms with Gasteiger partial charge >= 0.3 is 0 Å². The fraction of sp³-hybridized carbons (Fsp3) is 0.211. The first-order valence-electron chi connectivity index (χ1n) is 7.23. The van der Waals surface area contributed by atoms with E-state index in [1.165, 1.54) is 33.4 Å². The topological polar surface area (TPSA) is 7.12 Å². The number of rotatable bonds is 2.